The average Bonchev–Trinajstić information content (AvgIpc) is 3.47. The van der Waals surface area contributed by atoms with Crippen LogP contribution in [0.15, 0.2) is 66.7 Å². The molecule has 9 heteroatoms. The van der Waals surface area contributed by atoms with Crippen LogP contribution in [-0.4, -0.2) is 47.8 Å². The predicted molar refractivity (Wildman–Crippen MR) is 145 cm³/mol. The van der Waals surface area contributed by atoms with E-state index in [4.69, 9.17) is 9.47 Å². The van der Waals surface area contributed by atoms with Crippen molar-refractivity contribution in [3.8, 4) is 11.5 Å². The Labute approximate surface area is 226 Å². The number of carbonyl (C=O) groups excluding carboxylic acids is 4. The molecule has 0 radical (unpaired) electrons. The number of amides is 3. The number of ketones is 1. The third-order valence-electron chi connectivity index (χ3n) is 6.97. The zero-order valence-corrected chi connectivity index (χ0v) is 22.0. The van der Waals surface area contributed by atoms with E-state index in [1.165, 1.54) is 9.80 Å². The van der Waals surface area contributed by atoms with E-state index in [9.17, 15) is 19.2 Å². The first-order valence-corrected chi connectivity index (χ1v) is 12.7. The second-order valence-electron chi connectivity index (χ2n) is 9.93. The Morgan fingerprint density at radius 1 is 0.974 bits per heavy atom. The van der Waals surface area contributed by atoms with Crippen LogP contribution in [0.2, 0.25) is 0 Å². The molecule has 2 heterocycles. The second-order valence-corrected chi connectivity index (χ2v) is 9.93. The molecule has 0 spiro atoms. The van der Waals surface area contributed by atoms with E-state index in [1.54, 1.807) is 42.5 Å². The van der Waals surface area contributed by atoms with Gasteiger partial charge in [0.2, 0.25) is 18.6 Å². The van der Waals surface area contributed by atoms with Crippen LogP contribution in [0, 0.1) is 12.8 Å². The summed E-state index contributed by atoms with van der Waals surface area (Å²) in [5, 5.41) is 2.91. The van der Waals surface area contributed by atoms with E-state index in [0.717, 1.165) is 11.1 Å². The number of Topliss-reactive ketones (excluding diaryl/α,β-unsaturated/α-hetero) is 1. The number of hydrogen-bond donors (Lipinski definition) is 1. The Bertz CT molecular complexity index is 1470. The summed E-state index contributed by atoms with van der Waals surface area (Å²) in [7, 11) is 0. The molecule has 3 amide bonds. The van der Waals surface area contributed by atoms with Crippen molar-refractivity contribution >= 4 is 34.9 Å². The first-order chi connectivity index (χ1) is 18.7. The lowest BCUT2D eigenvalue weighted by Gasteiger charge is -2.35. The fourth-order valence-electron chi connectivity index (χ4n) is 4.94. The van der Waals surface area contributed by atoms with Crippen molar-refractivity contribution in [1.29, 1.82) is 0 Å². The number of para-hydroxylation sites is 1. The number of anilines is 2. The van der Waals surface area contributed by atoms with Crippen LogP contribution in [0.5, 0.6) is 11.5 Å². The molecule has 0 unspecified atom stereocenters. The summed E-state index contributed by atoms with van der Waals surface area (Å²) in [5.41, 5.74) is 3.00. The van der Waals surface area contributed by atoms with Crippen molar-refractivity contribution in [2.45, 2.75) is 33.4 Å². The molecular formula is C30H29N3O6. The Kier molecular flexibility index (Phi) is 7.06. The molecule has 9 nitrogen and oxygen atoms in total. The molecule has 0 aliphatic carbocycles. The summed E-state index contributed by atoms with van der Waals surface area (Å²) in [5.74, 6) is -1.38. The quantitative estimate of drug-likeness (QED) is 0.445. The Hall–Kier alpha value is -4.66. The Morgan fingerprint density at radius 2 is 1.69 bits per heavy atom. The number of aryl methyl sites for hydroxylation is 1. The molecule has 0 bridgehead atoms. The molecule has 0 aromatic heterocycles. The topological polar surface area (TPSA) is 105 Å². The predicted octanol–water partition coefficient (Wildman–Crippen LogP) is 3.95. The third-order valence-corrected chi connectivity index (χ3v) is 6.97. The van der Waals surface area contributed by atoms with Gasteiger partial charge in [-0.2, -0.15) is 0 Å². The van der Waals surface area contributed by atoms with Crippen molar-refractivity contribution in [3.05, 3.63) is 83.4 Å². The van der Waals surface area contributed by atoms with E-state index in [1.807, 2.05) is 45.0 Å². The van der Waals surface area contributed by atoms with E-state index >= 15 is 0 Å². The van der Waals surface area contributed by atoms with E-state index in [-0.39, 0.29) is 37.3 Å². The highest BCUT2D eigenvalue weighted by molar-refractivity contribution is 6.52. The van der Waals surface area contributed by atoms with E-state index in [0.29, 0.717) is 22.9 Å². The van der Waals surface area contributed by atoms with Gasteiger partial charge >= 0.3 is 0 Å². The number of nitrogens with zero attached hydrogens (tertiary/aromatic N) is 2. The lowest BCUT2D eigenvalue weighted by atomic mass is 9.99. The zero-order valence-electron chi connectivity index (χ0n) is 22.0. The lowest BCUT2D eigenvalue weighted by Crippen LogP contribution is -2.53. The number of carbonyl (C=O) groups is 4. The van der Waals surface area contributed by atoms with Crippen LogP contribution in [0.1, 0.15) is 35.3 Å². The van der Waals surface area contributed by atoms with E-state index < -0.39 is 23.6 Å². The van der Waals surface area contributed by atoms with Crippen LogP contribution in [0.4, 0.5) is 11.4 Å². The van der Waals surface area contributed by atoms with Crippen molar-refractivity contribution < 1.29 is 28.7 Å². The van der Waals surface area contributed by atoms with Gasteiger partial charge in [-0.3, -0.25) is 24.1 Å². The molecular weight excluding hydrogens is 498 g/mol. The van der Waals surface area contributed by atoms with Crippen LogP contribution in [0.3, 0.4) is 0 Å². The normalized spacial score (nSPS) is 14.4. The van der Waals surface area contributed by atoms with Gasteiger partial charge in [-0.1, -0.05) is 50.2 Å². The van der Waals surface area contributed by atoms with Crippen molar-refractivity contribution in [2.75, 3.05) is 23.6 Å². The molecule has 0 saturated heterocycles. The number of benzene rings is 3. The molecule has 39 heavy (non-hydrogen) atoms. The highest BCUT2D eigenvalue weighted by Gasteiger charge is 2.39. The maximum atomic E-state index is 13.9. The summed E-state index contributed by atoms with van der Waals surface area (Å²) in [6.07, 6.45) is 0. The molecule has 1 atom stereocenters. The molecule has 3 aromatic rings. The highest BCUT2D eigenvalue weighted by Crippen LogP contribution is 2.34. The molecule has 0 fully saturated rings. The summed E-state index contributed by atoms with van der Waals surface area (Å²) >= 11 is 0. The second kappa shape index (κ2) is 10.6. The van der Waals surface area contributed by atoms with E-state index in [2.05, 4.69) is 5.32 Å². The summed E-state index contributed by atoms with van der Waals surface area (Å²) in [4.78, 5) is 55.7. The monoisotopic (exact) mass is 527 g/mol. The maximum absolute atomic E-state index is 13.9. The van der Waals surface area contributed by atoms with Crippen molar-refractivity contribution in [3.63, 3.8) is 0 Å². The minimum Gasteiger partial charge on any atom is -0.454 e. The molecule has 5 rings (SSSR count). The minimum atomic E-state index is -0.869. The van der Waals surface area contributed by atoms with Gasteiger partial charge in [0, 0.05) is 18.3 Å². The number of rotatable bonds is 8. The SMILES string of the molecule is Cc1ccccc1CN(C(=O)CN1C(=O)C(=O)c2ccccc21)[C@@H](C(=O)Nc1ccc2c(c1)OCO2)C(C)C. The van der Waals surface area contributed by atoms with Gasteiger partial charge in [-0.15, -0.1) is 0 Å². The summed E-state index contributed by atoms with van der Waals surface area (Å²) in [6.45, 7) is 5.56. The van der Waals surface area contributed by atoms with Gasteiger partial charge in [-0.25, -0.2) is 0 Å². The largest absolute Gasteiger partial charge is 0.454 e. The number of ether oxygens (including phenoxy) is 2. The number of fused-ring (bicyclic) bond motifs is 2. The molecule has 2 aliphatic rings. The van der Waals surface area contributed by atoms with Crippen molar-refractivity contribution in [1.82, 2.24) is 4.90 Å². The van der Waals surface area contributed by atoms with Crippen LogP contribution in [0.25, 0.3) is 0 Å². The fraction of sp³-hybridized carbons (Fsp3) is 0.267. The van der Waals surface area contributed by atoms with Gasteiger partial charge in [0.05, 0.1) is 11.3 Å². The van der Waals surface area contributed by atoms with Gasteiger partial charge in [0.25, 0.3) is 11.7 Å². The van der Waals surface area contributed by atoms with Crippen LogP contribution in [-0.2, 0) is 20.9 Å². The smallest absolute Gasteiger partial charge is 0.299 e. The van der Waals surface area contributed by atoms with Crippen LogP contribution < -0.4 is 19.7 Å². The van der Waals surface area contributed by atoms with Gasteiger partial charge < -0.3 is 19.7 Å². The molecule has 2 aliphatic heterocycles. The Balaban J connectivity index is 1.46. The zero-order chi connectivity index (χ0) is 27.7. The van der Waals surface area contributed by atoms with Gasteiger partial charge in [-0.05, 0) is 48.2 Å². The minimum absolute atomic E-state index is 0.112. The average molecular weight is 528 g/mol. The number of nitrogens with one attached hydrogen (secondary N) is 1. The van der Waals surface area contributed by atoms with Gasteiger partial charge in [0.15, 0.2) is 11.5 Å². The summed E-state index contributed by atoms with van der Waals surface area (Å²) < 4.78 is 10.8. The maximum Gasteiger partial charge on any atom is 0.299 e. The van der Waals surface area contributed by atoms with Gasteiger partial charge in [0.1, 0.15) is 12.6 Å². The third kappa shape index (κ3) is 5.07. The summed E-state index contributed by atoms with van der Waals surface area (Å²) in [6, 6.07) is 18.5. The molecule has 200 valence electrons. The molecule has 1 N–H and O–H groups in total. The molecule has 3 aromatic carbocycles. The highest BCUT2D eigenvalue weighted by atomic mass is 16.7. The van der Waals surface area contributed by atoms with Crippen molar-refractivity contribution in [2.24, 2.45) is 5.92 Å². The molecule has 0 saturated carbocycles. The lowest BCUT2D eigenvalue weighted by molar-refractivity contribution is -0.140. The van der Waals surface area contributed by atoms with Crippen LogP contribution >= 0.6 is 0 Å². The Morgan fingerprint density at radius 3 is 2.46 bits per heavy atom. The first kappa shape index (κ1) is 26.0. The first-order valence-electron chi connectivity index (χ1n) is 12.7. The standard InChI is InChI=1S/C30H29N3O6/c1-18(2)27(29(36)31-21-12-13-24-25(14-21)39-17-38-24)33(15-20-9-5-4-8-19(20)3)26(34)16-32-23-11-7-6-10-22(23)28(35)30(32)37/h4-14,18,27H,15-17H2,1-3H3,(H,31,36)/t27-/m1/s1. The number of hydrogen-bond acceptors (Lipinski definition) is 6. The fourth-order valence-corrected chi connectivity index (χ4v) is 4.94.